The van der Waals surface area contributed by atoms with Crippen LogP contribution in [0.4, 0.5) is 0 Å². The monoisotopic (exact) mass is 167 g/mol. The van der Waals surface area contributed by atoms with Crippen LogP contribution in [-0.2, 0) is 0 Å². The molecule has 0 amide bonds. The molecule has 0 aromatic carbocycles. The first-order chi connectivity index (χ1) is 5.88. The van der Waals surface area contributed by atoms with Crippen molar-refractivity contribution in [2.24, 2.45) is 5.92 Å². The number of hydrogen-bond acceptors (Lipinski definition) is 1. The lowest BCUT2D eigenvalue weighted by Gasteiger charge is -2.23. The number of hydrogen-bond donors (Lipinski definition) is 1. The Morgan fingerprint density at radius 2 is 2.08 bits per heavy atom. The van der Waals surface area contributed by atoms with Crippen LogP contribution in [0.3, 0.4) is 0 Å². The standard InChI is InChI=1S/C11H21N/c1-3-7-10-8-5-4-6-9-11(10)12-2/h3,10-12H,1,4-9H2,2H3. The van der Waals surface area contributed by atoms with Crippen molar-refractivity contribution in [3.05, 3.63) is 12.7 Å². The van der Waals surface area contributed by atoms with Gasteiger partial charge in [0, 0.05) is 6.04 Å². The van der Waals surface area contributed by atoms with Crippen molar-refractivity contribution in [1.29, 1.82) is 0 Å². The molecular weight excluding hydrogens is 146 g/mol. The van der Waals surface area contributed by atoms with E-state index in [0.29, 0.717) is 0 Å². The Morgan fingerprint density at radius 1 is 1.33 bits per heavy atom. The summed E-state index contributed by atoms with van der Waals surface area (Å²) < 4.78 is 0. The van der Waals surface area contributed by atoms with E-state index in [4.69, 9.17) is 0 Å². The summed E-state index contributed by atoms with van der Waals surface area (Å²) >= 11 is 0. The Balaban J connectivity index is 2.44. The van der Waals surface area contributed by atoms with Crippen LogP contribution < -0.4 is 5.32 Å². The van der Waals surface area contributed by atoms with Crippen LogP contribution in [0.1, 0.15) is 38.5 Å². The van der Waals surface area contributed by atoms with E-state index in [1.807, 2.05) is 0 Å². The Bertz CT molecular complexity index is 131. The molecule has 1 fully saturated rings. The summed E-state index contributed by atoms with van der Waals surface area (Å²) in [7, 11) is 2.09. The first kappa shape index (κ1) is 9.79. The van der Waals surface area contributed by atoms with Gasteiger partial charge in [-0.1, -0.05) is 25.3 Å². The van der Waals surface area contributed by atoms with Crippen molar-refractivity contribution in [1.82, 2.24) is 5.32 Å². The lowest BCUT2D eigenvalue weighted by molar-refractivity contribution is 0.355. The Kier molecular flexibility index (Phi) is 4.37. The number of allylic oxidation sites excluding steroid dienone is 1. The molecular formula is C11H21N. The predicted octanol–water partition coefficient (Wildman–Crippen LogP) is 2.73. The lowest BCUT2D eigenvalue weighted by Crippen LogP contribution is -2.32. The molecule has 1 N–H and O–H groups in total. The van der Waals surface area contributed by atoms with Crippen LogP contribution in [0.15, 0.2) is 12.7 Å². The molecule has 1 nitrogen and oxygen atoms in total. The van der Waals surface area contributed by atoms with Crippen molar-refractivity contribution in [2.45, 2.75) is 44.6 Å². The molecule has 70 valence electrons. The maximum Gasteiger partial charge on any atom is 0.00952 e. The zero-order valence-electron chi connectivity index (χ0n) is 8.18. The van der Waals surface area contributed by atoms with Crippen LogP contribution in [0.5, 0.6) is 0 Å². The molecule has 0 aromatic rings. The van der Waals surface area contributed by atoms with E-state index in [2.05, 4.69) is 25.0 Å². The van der Waals surface area contributed by atoms with E-state index in [9.17, 15) is 0 Å². The summed E-state index contributed by atoms with van der Waals surface area (Å²) in [6.45, 7) is 3.83. The van der Waals surface area contributed by atoms with Gasteiger partial charge in [-0.3, -0.25) is 0 Å². The summed E-state index contributed by atoms with van der Waals surface area (Å²) in [6, 6.07) is 0.741. The molecule has 1 heteroatoms. The van der Waals surface area contributed by atoms with Gasteiger partial charge < -0.3 is 5.32 Å². The molecule has 1 rings (SSSR count). The average molecular weight is 167 g/mol. The molecule has 2 unspecified atom stereocenters. The quantitative estimate of drug-likeness (QED) is 0.503. The lowest BCUT2D eigenvalue weighted by atomic mass is 9.92. The molecule has 0 radical (unpaired) electrons. The normalized spacial score (nSPS) is 31.1. The maximum atomic E-state index is 3.83. The number of nitrogens with one attached hydrogen (secondary N) is 1. The Labute approximate surface area is 76.2 Å². The van der Waals surface area contributed by atoms with Crippen LogP contribution in [0.2, 0.25) is 0 Å². The fourth-order valence-corrected chi connectivity index (χ4v) is 2.26. The fraction of sp³-hybridized carbons (Fsp3) is 0.818. The molecule has 1 saturated carbocycles. The molecule has 0 bridgehead atoms. The molecule has 0 saturated heterocycles. The highest BCUT2D eigenvalue weighted by molar-refractivity contribution is 4.83. The van der Waals surface area contributed by atoms with Gasteiger partial charge in [0.1, 0.15) is 0 Å². The van der Waals surface area contributed by atoms with Crippen molar-refractivity contribution < 1.29 is 0 Å². The van der Waals surface area contributed by atoms with E-state index in [0.717, 1.165) is 12.0 Å². The third-order valence-electron chi connectivity index (χ3n) is 3.00. The molecule has 0 aliphatic heterocycles. The molecule has 0 aromatic heterocycles. The van der Waals surface area contributed by atoms with E-state index >= 15 is 0 Å². The first-order valence-electron chi connectivity index (χ1n) is 5.16. The van der Waals surface area contributed by atoms with Gasteiger partial charge in [0.2, 0.25) is 0 Å². The minimum atomic E-state index is 0.741. The van der Waals surface area contributed by atoms with Gasteiger partial charge >= 0.3 is 0 Å². The summed E-state index contributed by atoms with van der Waals surface area (Å²) in [5.41, 5.74) is 0. The third-order valence-corrected chi connectivity index (χ3v) is 3.00. The summed E-state index contributed by atoms with van der Waals surface area (Å²) in [6.07, 6.45) is 10.2. The van der Waals surface area contributed by atoms with E-state index in [-0.39, 0.29) is 0 Å². The zero-order valence-corrected chi connectivity index (χ0v) is 8.18. The second-order valence-electron chi connectivity index (χ2n) is 3.82. The molecule has 0 spiro atoms. The Morgan fingerprint density at radius 3 is 2.75 bits per heavy atom. The van der Waals surface area contributed by atoms with Crippen LogP contribution in [-0.4, -0.2) is 13.1 Å². The van der Waals surface area contributed by atoms with Crippen molar-refractivity contribution in [3.8, 4) is 0 Å². The van der Waals surface area contributed by atoms with Gasteiger partial charge in [0.15, 0.2) is 0 Å². The highest BCUT2D eigenvalue weighted by atomic mass is 14.9. The van der Waals surface area contributed by atoms with E-state index in [1.165, 1.54) is 38.5 Å². The zero-order chi connectivity index (χ0) is 8.81. The predicted molar refractivity (Wildman–Crippen MR) is 54.2 cm³/mol. The van der Waals surface area contributed by atoms with Crippen LogP contribution in [0, 0.1) is 5.92 Å². The molecule has 0 heterocycles. The van der Waals surface area contributed by atoms with Gasteiger partial charge in [0.25, 0.3) is 0 Å². The second kappa shape index (κ2) is 5.36. The average Bonchev–Trinajstić information content (AvgIpc) is 2.30. The van der Waals surface area contributed by atoms with E-state index in [1.54, 1.807) is 0 Å². The summed E-state index contributed by atoms with van der Waals surface area (Å²) in [5, 5.41) is 3.43. The largest absolute Gasteiger partial charge is 0.317 e. The third kappa shape index (κ3) is 2.63. The van der Waals surface area contributed by atoms with Gasteiger partial charge in [0.05, 0.1) is 0 Å². The minimum Gasteiger partial charge on any atom is -0.317 e. The van der Waals surface area contributed by atoms with Gasteiger partial charge in [-0.15, -0.1) is 6.58 Å². The molecule has 1 aliphatic carbocycles. The van der Waals surface area contributed by atoms with E-state index < -0.39 is 0 Å². The highest BCUT2D eigenvalue weighted by Gasteiger charge is 2.20. The van der Waals surface area contributed by atoms with Gasteiger partial charge in [-0.2, -0.15) is 0 Å². The summed E-state index contributed by atoms with van der Waals surface area (Å²) in [4.78, 5) is 0. The summed E-state index contributed by atoms with van der Waals surface area (Å²) in [5.74, 6) is 0.843. The van der Waals surface area contributed by atoms with Crippen LogP contribution >= 0.6 is 0 Å². The topological polar surface area (TPSA) is 12.0 Å². The smallest absolute Gasteiger partial charge is 0.00952 e. The van der Waals surface area contributed by atoms with Gasteiger partial charge in [-0.05, 0) is 32.2 Å². The molecule has 2 atom stereocenters. The van der Waals surface area contributed by atoms with Gasteiger partial charge in [-0.25, -0.2) is 0 Å². The highest BCUT2D eigenvalue weighted by Crippen LogP contribution is 2.25. The minimum absolute atomic E-state index is 0.741. The maximum absolute atomic E-state index is 3.83. The van der Waals surface area contributed by atoms with Crippen molar-refractivity contribution >= 4 is 0 Å². The van der Waals surface area contributed by atoms with Crippen molar-refractivity contribution in [2.75, 3.05) is 7.05 Å². The fourth-order valence-electron chi connectivity index (χ4n) is 2.26. The SMILES string of the molecule is C=CCC1CCCCCC1NC. The Hall–Kier alpha value is -0.300. The molecule has 12 heavy (non-hydrogen) atoms. The number of rotatable bonds is 3. The first-order valence-corrected chi connectivity index (χ1v) is 5.16. The van der Waals surface area contributed by atoms with Crippen molar-refractivity contribution in [3.63, 3.8) is 0 Å². The second-order valence-corrected chi connectivity index (χ2v) is 3.82. The molecule has 1 aliphatic rings. The van der Waals surface area contributed by atoms with Crippen LogP contribution in [0.25, 0.3) is 0 Å².